The van der Waals surface area contributed by atoms with E-state index in [4.69, 9.17) is 10.8 Å². The molecule has 0 aromatic rings. The molecule has 0 spiro atoms. The molecular formula is C7H8F3NO2. The van der Waals surface area contributed by atoms with Gasteiger partial charge in [-0.15, -0.1) is 6.42 Å². The zero-order valence-electron chi connectivity index (χ0n) is 6.51. The van der Waals surface area contributed by atoms with Crippen LogP contribution >= 0.6 is 0 Å². The molecule has 0 heterocycles. The molecule has 0 amide bonds. The number of alkyl halides is 3. The van der Waals surface area contributed by atoms with Gasteiger partial charge in [0.2, 0.25) is 0 Å². The van der Waals surface area contributed by atoms with Gasteiger partial charge < -0.3 is 10.8 Å². The Balaban J connectivity index is 4.44. The number of carboxylic acids is 1. The van der Waals surface area contributed by atoms with E-state index < -0.39 is 30.5 Å². The molecule has 0 saturated heterocycles. The number of halogens is 3. The van der Waals surface area contributed by atoms with Crippen LogP contribution in [0.25, 0.3) is 0 Å². The van der Waals surface area contributed by atoms with Gasteiger partial charge in [-0.05, 0) is 0 Å². The molecule has 0 radical (unpaired) electrons. The summed E-state index contributed by atoms with van der Waals surface area (Å²) >= 11 is 0. The van der Waals surface area contributed by atoms with Crippen molar-refractivity contribution in [2.45, 2.75) is 18.6 Å². The van der Waals surface area contributed by atoms with Crippen LogP contribution in [0, 0.1) is 18.3 Å². The summed E-state index contributed by atoms with van der Waals surface area (Å²) < 4.78 is 36.0. The quantitative estimate of drug-likeness (QED) is 0.648. The van der Waals surface area contributed by atoms with Gasteiger partial charge in [-0.3, -0.25) is 4.79 Å². The summed E-state index contributed by atoms with van der Waals surface area (Å²) in [6.07, 6.45) is -0.854. The molecule has 0 aromatic heterocycles. The Morgan fingerprint density at radius 3 is 2.31 bits per heavy atom. The molecule has 0 saturated carbocycles. The van der Waals surface area contributed by atoms with Crippen LogP contribution in [0.1, 0.15) is 6.42 Å². The minimum Gasteiger partial charge on any atom is -0.481 e. The van der Waals surface area contributed by atoms with Crippen molar-refractivity contribution in [3.05, 3.63) is 0 Å². The average molecular weight is 195 g/mol. The molecule has 0 rings (SSSR count). The molecule has 6 heteroatoms. The molecule has 3 nitrogen and oxygen atoms in total. The maximum Gasteiger partial charge on any atom is 0.403 e. The zero-order chi connectivity index (χ0) is 10.6. The van der Waals surface area contributed by atoms with Crippen LogP contribution in [-0.2, 0) is 4.79 Å². The number of hydrogen-bond donors (Lipinski definition) is 2. The minimum absolute atomic E-state index is 0.797. The van der Waals surface area contributed by atoms with E-state index in [0.717, 1.165) is 0 Å². The third-order valence-corrected chi connectivity index (χ3v) is 1.37. The van der Waals surface area contributed by atoms with E-state index in [0.29, 0.717) is 0 Å². The maximum atomic E-state index is 12.0. The van der Waals surface area contributed by atoms with Gasteiger partial charge in [-0.2, -0.15) is 13.2 Å². The maximum absolute atomic E-state index is 12.0. The lowest BCUT2D eigenvalue weighted by atomic mass is 9.98. The number of carboxylic acid groups (broad SMARTS) is 1. The summed E-state index contributed by atoms with van der Waals surface area (Å²) in [6.45, 7) is 0. The van der Waals surface area contributed by atoms with E-state index in [1.54, 1.807) is 0 Å². The Bertz CT molecular complexity index is 231. The molecule has 0 aliphatic heterocycles. The standard InChI is InChI=1S/C7H8F3NO2/c1-2-4(7(8,9)10)5(11)3-6(12)13/h1,4-5H,3,11H2,(H,12,13)/t4-,5-/m0/s1. The first kappa shape index (κ1) is 11.8. The Kier molecular flexibility index (Phi) is 3.75. The molecule has 0 unspecified atom stereocenters. The highest BCUT2D eigenvalue weighted by Gasteiger charge is 2.42. The van der Waals surface area contributed by atoms with Crippen molar-refractivity contribution in [2.24, 2.45) is 11.7 Å². The molecule has 3 N–H and O–H groups in total. The second kappa shape index (κ2) is 4.14. The third-order valence-electron chi connectivity index (χ3n) is 1.37. The topological polar surface area (TPSA) is 63.3 Å². The van der Waals surface area contributed by atoms with Gasteiger partial charge in [0.25, 0.3) is 0 Å². The number of hydrogen-bond acceptors (Lipinski definition) is 2. The summed E-state index contributed by atoms with van der Waals surface area (Å²) in [5.74, 6) is -2.18. The number of rotatable bonds is 3. The summed E-state index contributed by atoms with van der Waals surface area (Å²) in [7, 11) is 0. The highest BCUT2D eigenvalue weighted by Crippen LogP contribution is 2.28. The van der Waals surface area contributed by atoms with Gasteiger partial charge in [-0.25, -0.2) is 0 Å². The summed E-state index contributed by atoms with van der Waals surface area (Å²) in [5.41, 5.74) is 4.97. The smallest absolute Gasteiger partial charge is 0.403 e. The van der Waals surface area contributed by atoms with Crippen molar-refractivity contribution in [1.29, 1.82) is 0 Å². The molecule has 0 fully saturated rings. The van der Waals surface area contributed by atoms with Crippen LogP contribution in [0.5, 0.6) is 0 Å². The lowest BCUT2D eigenvalue weighted by Gasteiger charge is -2.19. The zero-order valence-corrected chi connectivity index (χ0v) is 6.51. The van der Waals surface area contributed by atoms with E-state index in [9.17, 15) is 18.0 Å². The number of aliphatic carboxylic acids is 1. The van der Waals surface area contributed by atoms with Crippen molar-refractivity contribution >= 4 is 5.97 Å². The number of carbonyl (C=O) groups is 1. The van der Waals surface area contributed by atoms with E-state index >= 15 is 0 Å². The fraction of sp³-hybridized carbons (Fsp3) is 0.571. The van der Waals surface area contributed by atoms with Crippen molar-refractivity contribution < 1.29 is 23.1 Å². The fourth-order valence-corrected chi connectivity index (χ4v) is 0.780. The second-order valence-electron chi connectivity index (χ2n) is 2.45. The van der Waals surface area contributed by atoms with Crippen molar-refractivity contribution in [1.82, 2.24) is 0 Å². The van der Waals surface area contributed by atoms with Gasteiger partial charge >= 0.3 is 12.1 Å². The predicted molar refractivity (Wildman–Crippen MR) is 38.6 cm³/mol. The Morgan fingerprint density at radius 2 is 2.08 bits per heavy atom. The first-order valence-corrected chi connectivity index (χ1v) is 3.29. The summed E-state index contributed by atoms with van der Waals surface area (Å²) in [6, 6.07) is -1.59. The van der Waals surface area contributed by atoms with Gasteiger partial charge in [0.1, 0.15) is 5.92 Å². The highest BCUT2D eigenvalue weighted by atomic mass is 19.4. The number of terminal acetylenes is 1. The predicted octanol–water partition coefficient (Wildman–Crippen LogP) is 0.600. The highest BCUT2D eigenvalue weighted by molar-refractivity contribution is 5.67. The molecule has 0 aliphatic carbocycles. The normalized spacial score (nSPS) is 15.9. The third kappa shape index (κ3) is 3.80. The SMILES string of the molecule is C#C[C@@H]([C@@H](N)CC(=O)O)C(F)(F)F. The van der Waals surface area contributed by atoms with Crippen LogP contribution in [0.3, 0.4) is 0 Å². The molecule has 13 heavy (non-hydrogen) atoms. The first-order valence-electron chi connectivity index (χ1n) is 3.29. The number of nitrogens with two attached hydrogens (primary N) is 1. The van der Waals surface area contributed by atoms with E-state index in [1.165, 1.54) is 5.92 Å². The molecule has 0 aromatic carbocycles. The average Bonchev–Trinajstić information content (AvgIpc) is 1.82. The van der Waals surface area contributed by atoms with Gasteiger partial charge in [-0.1, -0.05) is 5.92 Å². The first-order chi connectivity index (χ1) is 5.79. The molecule has 2 atom stereocenters. The summed E-state index contributed by atoms with van der Waals surface area (Å²) in [4.78, 5) is 10.0. The molecule has 0 bridgehead atoms. The van der Waals surface area contributed by atoms with Crippen molar-refractivity contribution in [3.8, 4) is 12.3 Å². The van der Waals surface area contributed by atoms with Crippen LogP contribution in [0.2, 0.25) is 0 Å². The Labute approximate surface area is 72.7 Å². The largest absolute Gasteiger partial charge is 0.481 e. The van der Waals surface area contributed by atoms with Crippen LogP contribution in [0.4, 0.5) is 13.2 Å². The molecular weight excluding hydrogens is 187 g/mol. The van der Waals surface area contributed by atoms with E-state index in [2.05, 4.69) is 6.42 Å². The monoisotopic (exact) mass is 195 g/mol. The molecule has 74 valence electrons. The Morgan fingerprint density at radius 1 is 1.62 bits per heavy atom. The minimum atomic E-state index is -4.65. The van der Waals surface area contributed by atoms with Gasteiger partial charge in [0, 0.05) is 6.04 Å². The lowest BCUT2D eigenvalue weighted by molar-refractivity contribution is -0.165. The van der Waals surface area contributed by atoms with E-state index in [1.807, 2.05) is 0 Å². The van der Waals surface area contributed by atoms with Crippen LogP contribution in [0.15, 0.2) is 0 Å². The van der Waals surface area contributed by atoms with Crippen molar-refractivity contribution in [2.75, 3.05) is 0 Å². The van der Waals surface area contributed by atoms with Crippen LogP contribution < -0.4 is 5.73 Å². The Hall–Kier alpha value is -1.22. The van der Waals surface area contributed by atoms with Crippen molar-refractivity contribution in [3.63, 3.8) is 0 Å². The van der Waals surface area contributed by atoms with E-state index in [-0.39, 0.29) is 0 Å². The fourth-order valence-electron chi connectivity index (χ4n) is 0.780. The van der Waals surface area contributed by atoms with Gasteiger partial charge in [0.15, 0.2) is 0 Å². The summed E-state index contributed by atoms with van der Waals surface area (Å²) in [5, 5.41) is 8.18. The van der Waals surface area contributed by atoms with Gasteiger partial charge in [0.05, 0.1) is 6.42 Å². The second-order valence-corrected chi connectivity index (χ2v) is 2.45. The lowest BCUT2D eigenvalue weighted by Crippen LogP contribution is -2.40. The van der Waals surface area contributed by atoms with Crippen LogP contribution in [-0.4, -0.2) is 23.3 Å². The molecule has 0 aliphatic rings.